The summed E-state index contributed by atoms with van der Waals surface area (Å²) < 4.78 is 49.5. The summed E-state index contributed by atoms with van der Waals surface area (Å²) in [5.74, 6) is -3.19. The van der Waals surface area contributed by atoms with E-state index in [0.717, 1.165) is 0 Å². The molecular formula is C18H26F2N2O2S. The van der Waals surface area contributed by atoms with E-state index in [4.69, 9.17) is 0 Å². The number of halogens is 2. The minimum atomic E-state index is -4.66. The molecule has 0 fully saturated rings. The predicted molar refractivity (Wildman–Crippen MR) is 98.7 cm³/mol. The SMILES string of the molecule is C=CCN(CC=C)C(CNc1ccccc1S(=O)(=O)C(F)F)C(C)C. The van der Waals surface area contributed by atoms with E-state index in [1.54, 1.807) is 18.2 Å². The Bertz CT molecular complexity index is 665. The van der Waals surface area contributed by atoms with Gasteiger partial charge in [-0.05, 0) is 18.1 Å². The second-order valence-electron chi connectivity index (χ2n) is 6.03. The molecule has 1 rings (SSSR count). The maximum absolute atomic E-state index is 12.9. The Morgan fingerprint density at radius 2 is 1.72 bits per heavy atom. The molecule has 0 heterocycles. The number of rotatable bonds is 11. The molecule has 0 saturated carbocycles. The minimum Gasteiger partial charge on any atom is -0.382 e. The summed E-state index contributed by atoms with van der Waals surface area (Å²) in [5, 5.41) is 3.03. The van der Waals surface area contributed by atoms with Gasteiger partial charge in [-0.2, -0.15) is 8.78 Å². The third-order valence-corrected chi connectivity index (χ3v) is 5.33. The van der Waals surface area contributed by atoms with E-state index in [9.17, 15) is 17.2 Å². The lowest BCUT2D eigenvalue weighted by atomic mass is 10.0. The van der Waals surface area contributed by atoms with Crippen LogP contribution in [0.2, 0.25) is 0 Å². The van der Waals surface area contributed by atoms with Crippen LogP contribution >= 0.6 is 0 Å². The number of anilines is 1. The van der Waals surface area contributed by atoms with Crippen molar-refractivity contribution in [1.82, 2.24) is 4.90 Å². The van der Waals surface area contributed by atoms with Crippen LogP contribution < -0.4 is 5.32 Å². The zero-order valence-corrected chi connectivity index (χ0v) is 15.5. The monoisotopic (exact) mass is 372 g/mol. The van der Waals surface area contributed by atoms with Gasteiger partial charge in [0.05, 0.1) is 10.6 Å². The molecule has 0 aliphatic heterocycles. The largest absolute Gasteiger partial charge is 0.382 e. The van der Waals surface area contributed by atoms with Gasteiger partial charge in [0, 0.05) is 25.7 Å². The van der Waals surface area contributed by atoms with Crippen molar-refractivity contribution in [3.8, 4) is 0 Å². The van der Waals surface area contributed by atoms with E-state index in [1.807, 2.05) is 13.8 Å². The summed E-state index contributed by atoms with van der Waals surface area (Å²) in [6.07, 6.45) is 3.57. The maximum atomic E-state index is 12.9. The van der Waals surface area contributed by atoms with E-state index in [2.05, 4.69) is 23.4 Å². The van der Waals surface area contributed by atoms with Crippen molar-refractivity contribution >= 4 is 15.5 Å². The van der Waals surface area contributed by atoms with Crippen molar-refractivity contribution in [2.24, 2.45) is 5.92 Å². The Kier molecular flexibility index (Phi) is 8.25. The zero-order valence-electron chi connectivity index (χ0n) is 14.7. The molecule has 1 aromatic carbocycles. The van der Waals surface area contributed by atoms with Crippen LogP contribution in [0.25, 0.3) is 0 Å². The van der Waals surface area contributed by atoms with Crippen molar-refractivity contribution < 1.29 is 17.2 Å². The van der Waals surface area contributed by atoms with E-state index in [-0.39, 0.29) is 22.5 Å². The highest BCUT2D eigenvalue weighted by Crippen LogP contribution is 2.26. The molecule has 0 aliphatic carbocycles. The van der Waals surface area contributed by atoms with Crippen LogP contribution in [-0.4, -0.2) is 44.8 Å². The van der Waals surface area contributed by atoms with Crippen LogP contribution in [-0.2, 0) is 9.84 Å². The second kappa shape index (κ2) is 9.68. The second-order valence-corrected chi connectivity index (χ2v) is 7.91. The quantitative estimate of drug-likeness (QED) is 0.601. The highest BCUT2D eigenvalue weighted by molar-refractivity contribution is 7.91. The van der Waals surface area contributed by atoms with E-state index >= 15 is 0 Å². The molecule has 140 valence electrons. The molecule has 0 saturated heterocycles. The van der Waals surface area contributed by atoms with Crippen molar-refractivity contribution in [3.63, 3.8) is 0 Å². The van der Waals surface area contributed by atoms with Gasteiger partial charge in [0.2, 0.25) is 9.84 Å². The molecule has 0 amide bonds. The molecule has 0 bridgehead atoms. The number of hydrogen-bond donors (Lipinski definition) is 1. The molecule has 0 spiro atoms. The number of alkyl halides is 2. The van der Waals surface area contributed by atoms with E-state index in [1.165, 1.54) is 18.2 Å². The Hall–Kier alpha value is -1.73. The zero-order chi connectivity index (χ0) is 19.0. The Labute approximate surface area is 149 Å². The van der Waals surface area contributed by atoms with Crippen LogP contribution in [0.1, 0.15) is 13.8 Å². The molecule has 7 heteroatoms. The molecule has 1 atom stereocenters. The number of benzene rings is 1. The summed E-state index contributed by atoms with van der Waals surface area (Å²) in [6, 6.07) is 5.79. The molecule has 25 heavy (non-hydrogen) atoms. The van der Waals surface area contributed by atoms with E-state index in [0.29, 0.717) is 19.6 Å². The van der Waals surface area contributed by atoms with Crippen LogP contribution in [0.5, 0.6) is 0 Å². The first-order valence-corrected chi connectivity index (χ1v) is 9.61. The van der Waals surface area contributed by atoms with Gasteiger partial charge in [-0.3, -0.25) is 4.90 Å². The maximum Gasteiger partial charge on any atom is 0.341 e. The average Bonchev–Trinajstić information content (AvgIpc) is 2.55. The van der Waals surface area contributed by atoms with Crippen molar-refractivity contribution in [2.45, 2.75) is 30.5 Å². The average molecular weight is 372 g/mol. The fraction of sp³-hybridized carbons (Fsp3) is 0.444. The highest BCUT2D eigenvalue weighted by Gasteiger charge is 2.29. The lowest BCUT2D eigenvalue weighted by molar-refractivity contribution is 0.199. The molecule has 0 radical (unpaired) electrons. The fourth-order valence-electron chi connectivity index (χ4n) is 2.63. The van der Waals surface area contributed by atoms with Crippen molar-refractivity contribution in [2.75, 3.05) is 25.0 Å². The molecular weight excluding hydrogens is 346 g/mol. The molecule has 1 unspecified atom stereocenters. The third-order valence-electron chi connectivity index (χ3n) is 3.90. The predicted octanol–water partition coefficient (Wildman–Crippen LogP) is 3.79. The minimum absolute atomic E-state index is 0.0540. The molecule has 1 N–H and O–H groups in total. The molecule has 0 aromatic heterocycles. The Morgan fingerprint density at radius 3 is 2.20 bits per heavy atom. The van der Waals surface area contributed by atoms with Gasteiger partial charge < -0.3 is 5.32 Å². The number of nitrogens with one attached hydrogen (secondary N) is 1. The van der Waals surface area contributed by atoms with Crippen molar-refractivity contribution in [3.05, 3.63) is 49.6 Å². The topological polar surface area (TPSA) is 49.4 Å². The van der Waals surface area contributed by atoms with Gasteiger partial charge >= 0.3 is 5.76 Å². The Morgan fingerprint density at radius 1 is 1.16 bits per heavy atom. The molecule has 4 nitrogen and oxygen atoms in total. The van der Waals surface area contributed by atoms with E-state index < -0.39 is 15.6 Å². The van der Waals surface area contributed by atoms with Gasteiger partial charge in [-0.1, -0.05) is 38.1 Å². The summed E-state index contributed by atoms with van der Waals surface area (Å²) in [6.45, 7) is 13.3. The van der Waals surface area contributed by atoms with Gasteiger partial charge in [0.1, 0.15) is 0 Å². The fourth-order valence-corrected chi connectivity index (χ4v) is 3.54. The number of para-hydroxylation sites is 1. The standard InChI is InChI=1S/C18H26F2N2O2S/c1-5-11-22(12-6-2)16(14(3)4)13-21-15-9-7-8-10-17(15)25(23,24)18(19)20/h5-10,14,16,18,21H,1-2,11-13H2,3-4H3. The summed E-state index contributed by atoms with van der Waals surface area (Å²) in [7, 11) is -4.66. The first-order chi connectivity index (χ1) is 11.8. The number of nitrogens with zero attached hydrogens (tertiary/aromatic N) is 1. The smallest absolute Gasteiger partial charge is 0.341 e. The normalized spacial score (nSPS) is 13.2. The lowest BCUT2D eigenvalue weighted by Crippen LogP contribution is -2.44. The molecule has 1 aromatic rings. The lowest BCUT2D eigenvalue weighted by Gasteiger charge is -2.33. The van der Waals surface area contributed by atoms with Crippen LogP contribution in [0.4, 0.5) is 14.5 Å². The first kappa shape index (κ1) is 21.3. The highest BCUT2D eigenvalue weighted by atomic mass is 32.2. The summed E-state index contributed by atoms with van der Waals surface area (Å²) in [4.78, 5) is 1.76. The van der Waals surface area contributed by atoms with Crippen LogP contribution in [0.15, 0.2) is 54.5 Å². The Balaban J connectivity index is 3.05. The molecule has 0 aliphatic rings. The number of sulfone groups is 1. The summed E-state index contributed by atoms with van der Waals surface area (Å²) >= 11 is 0. The summed E-state index contributed by atoms with van der Waals surface area (Å²) in [5.41, 5.74) is 0.186. The van der Waals surface area contributed by atoms with Gasteiger partial charge in [-0.15, -0.1) is 13.2 Å². The number of hydrogen-bond acceptors (Lipinski definition) is 4. The van der Waals surface area contributed by atoms with Gasteiger partial charge in [-0.25, -0.2) is 8.42 Å². The van der Waals surface area contributed by atoms with Crippen LogP contribution in [0, 0.1) is 5.92 Å². The first-order valence-electron chi connectivity index (χ1n) is 8.06. The van der Waals surface area contributed by atoms with Crippen molar-refractivity contribution in [1.29, 1.82) is 0 Å². The van der Waals surface area contributed by atoms with Crippen LogP contribution in [0.3, 0.4) is 0 Å². The van der Waals surface area contributed by atoms with Gasteiger partial charge in [0.25, 0.3) is 0 Å². The third kappa shape index (κ3) is 5.64. The van der Waals surface area contributed by atoms with Gasteiger partial charge in [0.15, 0.2) is 0 Å².